The summed E-state index contributed by atoms with van der Waals surface area (Å²) in [6.07, 6.45) is 4.43. The largest absolute Gasteiger partial charge is 0.324 e. The zero-order valence-corrected chi connectivity index (χ0v) is 18.8. The first kappa shape index (κ1) is 21.0. The van der Waals surface area contributed by atoms with Gasteiger partial charge in [-0.15, -0.1) is 11.3 Å². The van der Waals surface area contributed by atoms with Gasteiger partial charge in [0.25, 0.3) is 5.69 Å². The molecule has 0 saturated heterocycles. The molecule has 2 aromatic heterocycles. The molecule has 1 aliphatic rings. The van der Waals surface area contributed by atoms with Gasteiger partial charge < -0.3 is 5.32 Å². The molecule has 1 amide bonds. The number of benzene rings is 1. The summed E-state index contributed by atoms with van der Waals surface area (Å²) < 4.78 is 0. The number of anilines is 1. The van der Waals surface area contributed by atoms with E-state index in [-0.39, 0.29) is 22.3 Å². The normalized spacial score (nSPS) is 14.4. The first-order valence-corrected chi connectivity index (χ1v) is 11.6. The van der Waals surface area contributed by atoms with Crippen LogP contribution in [0.1, 0.15) is 36.0 Å². The maximum Gasteiger partial charge on any atom is 0.271 e. The van der Waals surface area contributed by atoms with E-state index in [9.17, 15) is 14.9 Å². The van der Waals surface area contributed by atoms with Crippen LogP contribution in [-0.2, 0) is 17.6 Å². The molecule has 0 radical (unpaired) electrons. The van der Waals surface area contributed by atoms with Crippen LogP contribution in [0.4, 0.5) is 11.4 Å². The molecular weight excluding hydrogens is 444 g/mol. The van der Waals surface area contributed by atoms with Gasteiger partial charge in [-0.2, -0.15) is 0 Å². The molecule has 30 heavy (non-hydrogen) atoms. The number of aryl methyl sites for hydroxylation is 3. The van der Waals surface area contributed by atoms with Gasteiger partial charge in [-0.05, 0) is 51.2 Å². The van der Waals surface area contributed by atoms with E-state index in [0.717, 1.165) is 34.5 Å². The van der Waals surface area contributed by atoms with Gasteiger partial charge in [-0.25, -0.2) is 9.97 Å². The van der Waals surface area contributed by atoms with E-state index in [1.54, 1.807) is 18.3 Å². The number of carbonyl (C=O) groups is 1. The molecule has 0 fully saturated rings. The van der Waals surface area contributed by atoms with Crippen LogP contribution in [0.5, 0.6) is 0 Å². The molecule has 0 aliphatic heterocycles. The van der Waals surface area contributed by atoms with Gasteiger partial charge in [-0.1, -0.05) is 23.4 Å². The summed E-state index contributed by atoms with van der Waals surface area (Å²) in [5.74, 6) is 0.383. The number of nitrogens with zero attached hydrogens (tertiary/aromatic N) is 3. The number of hydrogen-bond acceptors (Lipinski definition) is 7. The lowest BCUT2D eigenvalue weighted by Gasteiger charge is -2.15. The number of thioether (sulfide) groups is 1. The summed E-state index contributed by atoms with van der Waals surface area (Å²) in [5.41, 5.74) is 1.41. The van der Waals surface area contributed by atoms with E-state index >= 15 is 0 Å². The van der Waals surface area contributed by atoms with Gasteiger partial charge in [0.05, 0.1) is 20.9 Å². The molecule has 2 heterocycles. The predicted molar refractivity (Wildman–Crippen MR) is 121 cm³/mol. The number of nitro groups is 1. The third-order valence-corrected chi connectivity index (χ3v) is 7.57. The van der Waals surface area contributed by atoms with Crippen molar-refractivity contribution < 1.29 is 9.72 Å². The van der Waals surface area contributed by atoms with Gasteiger partial charge in [0.15, 0.2) is 0 Å². The average Bonchev–Trinajstić information content (AvgIpc) is 3.07. The molecule has 0 bridgehead atoms. The first-order valence-electron chi connectivity index (χ1n) is 9.54. The predicted octanol–water partition coefficient (Wildman–Crippen LogP) is 5.56. The van der Waals surface area contributed by atoms with Crippen molar-refractivity contribution >= 4 is 62.2 Å². The van der Waals surface area contributed by atoms with Gasteiger partial charge in [0.1, 0.15) is 15.7 Å². The lowest BCUT2D eigenvalue weighted by atomic mass is 9.97. The Morgan fingerprint density at radius 2 is 2.10 bits per heavy atom. The summed E-state index contributed by atoms with van der Waals surface area (Å²) in [4.78, 5) is 34.9. The van der Waals surface area contributed by atoms with Crippen molar-refractivity contribution in [1.29, 1.82) is 0 Å². The fraction of sp³-hybridized carbons (Fsp3) is 0.350. The van der Waals surface area contributed by atoms with E-state index in [0.29, 0.717) is 5.82 Å². The van der Waals surface area contributed by atoms with Gasteiger partial charge in [0.2, 0.25) is 5.91 Å². The van der Waals surface area contributed by atoms with Crippen LogP contribution < -0.4 is 5.32 Å². The number of non-ortho nitro benzene ring substituents is 1. The van der Waals surface area contributed by atoms with E-state index in [2.05, 4.69) is 15.3 Å². The summed E-state index contributed by atoms with van der Waals surface area (Å²) in [7, 11) is 0. The van der Waals surface area contributed by atoms with E-state index < -0.39 is 10.2 Å². The molecule has 0 saturated carbocycles. The standard InChI is InChI=1S/C20H19ClN4O3S2/c1-10(18(26)24-15-9-12(25(27)28)7-8-14(15)21)29-19-17-13-5-3-4-6-16(13)30-20(17)23-11(2)22-19/h7-10H,3-6H2,1-2H3,(H,24,26). The number of nitro benzene ring substituents is 1. The van der Waals surface area contributed by atoms with Crippen LogP contribution in [0.25, 0.3) is 10.2 Å². The van der Waals surface area contributed by atoms with Gasteiger partial charge in [0, 0.05) is 22.4 Å². The van der Waals surface area contributed by atoms with Gasteiger partial charge in [-0.3, -0.25) is 14.9 Å². The molecule has 7 nitrogen and oxygen atoms in total. The Kier molecular flexibility index (Phi) is 5.95. The quantitative estimate of drug-likeness (QED) is 0.230. The summed E-state index contributed by atoms with van der Waals surface area (Å²) >= 11 is 9.21. The lowest BCUT2D eigenvalue weighted by molar-refractivity contribution is -0.384. The van der Waals surface area contributed by atoms with Crippen molar-refractivity contribution in [2.75, 3.05) is 5.32 Å². The minimum atomic E-state index is -0.524. The molecule has 156 valence electrons. The molecule has 4 rings (SSSR count). The van der Waals surface area contributed by atoms with Crippen molar-refractivity contribution in [3.8, 4) is 0 Å². The monoisotopic (exact) mass is 462 g/mol. The number of rotatable bonds is 5. The molecule has 0 spiro atoms. The van der Waals surface area contributed by atoms with Crippen LogP contribution >= 0.6 is 34.7 Å². The van der Waals surface area contributed by atoms with Crippen molar-refractivity contribution in [3.05, 3.63) is 49.6 Å². The number of halogens is 1. The molecule has 1 atom stereocenters. The number of thiophene rings is 1. The molecule has 1 N–H and O–H groups in total. The van der Waals surface area contributed by atoms with Crippen molar-refractivity contribution in [1.82, 2.24) is 9.97 Å². The van der Waals surface area contributed by atoms with E-state index in [1.807, 2.05) is 6.92 Å². The van der Waals surface area contributed by atoms with Crippen LogP contribution in [0.3, 0.4) is 0 Å². The highest BCUT2D eigenvalue weighted by Gasteiger charge is 2.24. The number of amides is 1. The molecule has 1 aromatic carbocycles. The number of fused-ring (bicyclic) bond motifs is 3. The third kappa shape index (κ3) is 4.14. The van der Waals surface area contributed by atoms with Crippen LogP contribution in [-0.4, -0.2) is 26.0 Å². The average molecular weight is 463 g/mol. The molecule has 1 unspecified atom stereocenters. The molecular formula is C20H19ClN4O3S2. The zero-order chi connectivity index (χ0) is 21.4. The maximum absolute atomic E-state index is 12.8. The highest BCUT2D eigenvalue weighted by Crippen LogP contribution is 2.40. The van der Waals surface area contributed by atoms with Crippen LogP contribution in [0, 0.1) is 17.0 Å². The highest BCUT2D eigenvalue weighted by atomic mass is 35.5. The Labute approximate surface area is 186 Å². The molecule has 3 aromatic rings. The third-order valence-electron chi connectivity index (χ3n) is 4.97. The van der Waals surface area contributed by atoms with E-state index in [1.165, 1.54) is 46.8 Å². The number of aromatic nitrogens is 2. The SMILES string of the molecule is Cc1nc(SC(C)C(=O)Nc2cc([N+](=O)[O-])ccc2Cl)c2c3c(sc2n1)CCCC3. The Hall–Kier alpha value is -2.23. The topological polar surface area (TPSA) is 98.0 Å². The van der Waals surface area contributed by atoms with Crippen LogP contribution in [0.15, 0.2) is 23.2 Å². The minimum Gasteiger partial charge on any atom is -0.324 e. The highest BCUT2D eigenvalue weighted by molar-refractivity contribution is 8.00. The summed E-state index contributed by atoms with van der Waals surface area (Å²) in [5, 5.41) is 15.4. The second kappa shape index (κ2) is 8.49. The fourth-order valence-electron chi connectivity index (χ4n) is 3.49. The first-order chi connectivity index (χ1) is 14.3. The molecule has 10 heteroatoms. The van der Waals surface area contributed by atoms with Crippen LogP contribution in [0.2, 0.25) is 5.02 Å². The van der Waals surface area contributed by atoms with E-state index in [4.69, 9.17) is 11.6 Å². The van der Waals surface area contributed by atoms with Crippen molar-refractivity contribution in [2.45, 2.75) is 49.8 Å². The van der Waals surface area contributed by atoms with Gasteiger partial charge >= 0.3 is 0 Å². The Morgan fingerprint density at radius 3 is 2.87 bits per heavy atom. The Balaban J connectivity index is 1.60. The number of hydrogen-bond donors (Lipinski definition) is 1. The Morgan fingerprint density at radius 1 is 1.33 bits per heavy atom. The number of nitrogens with one attached hydrogen (secondary N) is 1. The Bertz CT molecular complexity index is 1160. The lowest BCUT2D eigenvalue weighted by Crippen LogP contribution is -2.23. The minimum absolute atomic E-state index is 0.131. The second-order valence-corrected chi connectivity index (χ2v) is 9.96. The zero-order valence-electron chi connectivity index (χ0n) is 16.4. The van der Waals surface area contributed by atoms with Crippen molar-refractivity contribution in [2.24, 2.45) is 0 Å². The number of carbonyl (C=O) groups excluding carboxylic acids is 1. The van der Waals surface area contributed by atoms with Crippen molar-refractivity contribution in [3.63, 3.8) is 0 Å². The second-order valence-electron chi connectivity index (χ2n) is 7.14. The molecule has 1 aliphatic carbocycles. The fourth-order valence-corrected chi connectivity index (χ4v) is 6.05. The maximum atomic E-state index is 12.8. The summed E-state index contributed by atoms with van der Waals surface area (Å²) in [6.45, 7) is 3.64. The summed E-state index contributed by atoms with van der Waals surface area (Å²) in [6, 6.07) is 3.97. The smallest absolute Gasteiger partial charge is 0.271 e.